The Morgan fingerprint density at radius 1 is 1.06 bits per heavy atom. The van der Waals surface area contributed by atoms with Crippen LogP contribution in [0, 0.1) is 0 Å². The van der Waals surface area contributed by atoms with Crippen molar-refractivity contribution in [2.24, 2.45) is 0 Å². The SMILES string of the molecule is O=c1ccc2cnc(Cl)nc2n1Cc1ccc(-c2nc(C(F)(F)F)cn2C2CC2)cc1. The van der Waals surface area contributed by atoms with E-state index in [1.807, 2.05) is 0 Å². The third kappa shape index (κ3) is 3.81. The van der Waals surface area contributed by atoms with Crippen molar-refractivity contribution < 1.29 is 13.2 Å². The largest absolute Gasteiger partial charge is 0.434 e. The molecule has 5 rings (SSSR count). The first-order valence-corrected chi connectivity index (χ1v) is 9.95. The summed E-state index contributed by atoms with van der Waals surface area (Å²) in [5.74, 6) is 0.295. The predicted octanol–water partition coefficient (Wildman–Crippen LogP) is 4.71. The normalized spacial score (nSPS) is 14.3. The molecule has 1 aliphatic rings. The fourth-order valence-corrected chi connectivity index (χ4v) is 3.65. The summed E-state index contributed by atoms with van der Waals surface area (Å²) < 4.78 is 42.5. The fraction of sp³-hybridized carbons (Fsp3) is 0.238. The molecule has 1 saturated carbocycles. The highest BCUT2D eigenvalue weighted by Gasteiger charge is 2.37. The number of fused-ring (bicyclic) bond motifs is 1. The lowest BCUT2D eigenvalue weighted by molar-refractivity contribution is -0.140. The second kappa shape index (κ2) is 7.19. The second-order valence-electron chi connectivity index (χ2n) is 7.46. The molecule has 158 valence electrons. The van der Waals surface area contributed by atoms with Crippen LogP contribution in [-0.4, -0.2) is 24.1 Å². The van der Waals surface area contributed by atoms with E-state index in [4.69, 9.17) is 11.6 Å². The van der Waals surface area contributed by atoms with Crippen molar-refractivity contribution in [3.05, 3.63) is 75.7 Å². The van der Waals surface area contributed by atoms with E-state index in [9.17, 15) is 18.0 Å². The van der Waals surface area contributed by atoms with Gasteiger partial charge in [-0.3, -0.25) is 9.36 Å². The van der Waals surface area contributed by atoms with Crippen LogP contribution in [-0.2, 0) is 12.7 Å². The molecule has 0 N–H and O–H groups in total. The van der Waals surface area contributed by atoms with E-state index in [0.717, 1.165) is 24.6 Å². The van der Waals surface area contributed by atoms with Crippen molar-refractivity contribution in [3.8, 4) is 11.4 Å². The summed E-state index contributed by atoms with van der Waals surface area (Å²) >= 11 is 5.89. The van der Waals surface area contributed by atoms with E-state index in [1.54, 1.807) is 41.1 Å². The van der Waals surface area contributed by atoms with Gasteiger partial charge in [0.05, 0.1) is 6.54 Å². The summed E-state index contributed by atoms with van der Waals surface area (Å²) in [6.45, 7) is 0.231. The molecule has 10 heteroatoms. The number of imidazole rings is 1. The van der Waals surface area contributed by atoms with Crippen LogP contribution in [0.15, 0.2) is 53.6 Å². The van der Waals surface area contributed by atoms with E-state index in [-0.39, 0.29) is 23.4 Å². The van der Waals surface area contributed by atoms with Gasteiger partial charge in [-0.1, -0.05) is 24.3 Å². The Labute approximate surface area is 179 Å². The number of aromatic nitrogens is 5. The highest BCUT2D eigenvalue weighted by Crippen LogP contribution is 2.40. The third-order valence-corrected chi connectivity index (χ3v) is 5.39. The molecule has 0 spiro atoms. The van der Waals surface area contributed by atoms with Crippen molar-refractivity contribution in [1.29, 1.82) is 0 Å². The molecule has 1 aliphatic carbocycles. The molecule has 0 unspecified atom stereocenters. The lowest BCUT2D eigenvalue weighted by atomic mass is 10.1. The summed E-state index contributed by atoms with van der Waals surface area (Å²) in [6.07, 6.45) is -0.187. The van der Waals surface area contributed by atoms with Crippen LogP contribution < -0.4 is 5.56 Å². The molecule has 0 radical (unpaired) electrons. The molecule has 0 saturated heterocycles. The van der Waals surface area contributed by atoms with Crippen LogP contribution in [0.5, 0.6) is 0 Å². The molecule has 4 aromatic rings. The van der Waals surface area contributed by atoms with Gasteiger partial charge < -0.3 is 4.57 Å². The molecule has 3 aromatic heterocycles. The molecule has 3 heterocycles. The maximum absolute atomic E-state index is 13.2. The fourth-order valence-electron chi connectivity index (χ4n) is 3.52. The van der Waals surface area contributed by atoms with Crippen molar-refractivity contribution in [2.75, 3.05) is 0 Å². The topological polar surface area (TPSA) is 65.6 Å². The number of hydrogen-bond donors (Lipinski definition) is 0. The number of nitrogens with zero attached hydrogens (tertiary/aromatic N) is 5. The minimum Gasteiger partial charge on any atom is -0.327 e. The first kappa shape index (κ1) is 19.7. The van der Waals surface area contributed by atoms with Gasteiger partial charge in [0, 0.05) is 35.5 Å². The molecule has 0 bridgehead atoms. The molecule has 0 atom stereocenters. The van der Waals surface area contributed by atoms with Gasteiger partial charge in [-0.2, -0.15) is 18.2 Å². The Balaban J connectivity index is 1.49. The van der Waals surface area contributed by atoms with Gasteiger partial charge in [0.1, 0.15) is 11.5 Å². The first-order valence-electron chi connectivity index (χ1n) is 9.57. The van der Waals surface area contributed by atoms with Crippen molar-refractivity contribution in [1.82, 2.24) is 24.1 Å². The Bertz CT molecular complexity index is 1340. The number of rotatable bonds is 4. The lowest BCUT2D eigenvalue weighted by Gasteiger charge is -2.10. The van der Waals surface area contributed by atoms with Gasteiger partial charge >= 0.3 is 6.18 Å². The van der Waals surface area contributed by atoms with E-state index >= 15 is 0 Å². The van der Waals surface area contributed by atoms with Crippen molar-refractivity contribution in [3.63, 3.8) is 0 Å². The molecular weight excluding hydrogens is 431 g/mol. The van der Waals surface area contributed by atoms with Crippen LogP contribution in [0.2, 0.25) is 5.28 Å². The zero-order valence-electron chi connectivity index (χ0n) is 16.0. The van der Waals surface area contributed by atoms with Gasteiger partial charge in [0.2, 0.25) is 5.28 Å². The Morgan fingerprint density at radius 2 is 1.81 bits per heavy atom. The average Bonchev–Trinajstić information content (AvgIpc) is 3.47. The van der Waals surface area contributed by atoms with Gasteiger partial charge in [-0.05, 0) is 36.1 Å². The summed E-state index contributed by atoms with van der Waals surface area (Å²) in [6, 6.07) is 10.1. The van der Waals surface area contributed by atoms with E-state index in [0.29, 0.717) is 22.4 Å². The van der Waals surface area contributed by atoms with Crippen LogP contribution in [0.1, 0.15) is 30.1 Å². The molecule has 1 fully saturated rings. The minimum absolute atomic E-state index is 0.0366. The van der Waals surface area contributed by atoms with Crippen LogP contribution >= 0.6 is 11.6 Å². The molecule has 1 aromatic carbocycles. The monoisotopic (exact) mass is 445 g/mol. The molecule has 6 nitrogen and oxygen atoms in total. The maximum Gasteiger partial charge on any atom is 0.434 e. The summed E-state index contributed by atoms with van der Waals surface area (Å²) in [5.41, 5.74) is 0.647. The molecule has 31 heavy (non-hydrogen) atoms. The minimum atomic E-state index is -4.49. The van der Waals surface area contributed by atoms with Crippen LogP contribution in [0.3, 0.4) is 0 Å². The smallest absolute Gasteiger partial charge is 0.327 e. The lowest BCUT2D eigenvalue weighted by Crippen LogP contribution is -2.20. The molecule has 0 aliphatic heterocycles. The average molecular weight is 446 g/mol. The molecular formula is C21H15ClF3N5O. The second-order valence-corrected chi connectivity index (χ2v) is 7.80. The zero-order chi connectivity index (χ0) is 21.8. The van der Waals surface area contributed by atoms with Gasteiger partial charge in [-0.25, -0.2) is 9.97 Å². The quantitative estimate of drug-likeness (QED) is 0.427. The third-order valence-electron chi connectivity index (χ3n) is 5.21. The number of hydrogen-bond acceptors (Lipinski definition) is 4. The maximum atomic E-state index is 13.2. The Hall–Kier alpha value is -3.20. The predicted molar refractivity (Wildman–Crippen MR) is 109 cm³/mol. The first-order chi connectivity index (χ1) is 14.8. The van der Waals surface area contributed by atoms with Gasteiger partial charge in [-0.15, -0.1) is 0 Å². The highest BCUT2D eigenvalue weighted by atomic mass is 35.5. The van der Waals surface area contributed by atoms with Gasteiger partial charge in [0.25, 0.3) is 5.56 Å². The van der Waals surface area contributed by atoms with Crippen LogP contribution in [0.4, 0.5) is 13.2 Å². The number of pyridine rings is 1. The van der Waals surface area contributed by atoms with Crippen molar-refractivity contribution in [2.45, 2.75) is 31.6 Å². The van der Waals surface area contributed by atoms with E-state index in [2.05, 4.69) is 15.0 Å². The summed E-state index contributed by atoms with van der Waals surface area (Å²) in [7, 11) is 0. The summed E-state index contributed by atoms with van der Waals surface area (Å²) in [5, 5.41) is 0.710. The Kier molecular flexibility index (Phi) is 4.58. The zero-order valence-corrected chi connectivity index (χ0v) is 16.7. The standard InChI is InChI=1S/C21H15ClF3N5O/c22-20-26-9-14-5-8-17(31)30(19(14)28-20)10-12-1-3-13(4-2-12)18-27-16(21(23,24)25)11-29(18)15-6-7-15/h1-5,8-9,11,15H,6-7,10H2. The Morgan fingerprint density at radius 3 is 2.48 bits per heavy atom. The summed E-state index contributed by atoms with van der Waals surface area (Å²) in [4.78, 5) is 24.3. The van der Waals surface area contributed by atoms with Crippen molar-refractivity contribution >= 4 is 22.6 Å². The van der Waals surface area contributed by atoms with E-state index < -0.39 is 11.9 Å². The van der Waals surface area contributed by atoms with E-state index in [1.165, 1.54) is 10.6 Å². The van der Waals surface area contributed by atoms with Gasteiger partial charge in [0.15, 0.2) is 5.69 Å². The molecule has 0 amide bonds. The number of benzene rings is 1. The highest BCUT2D eigenvalue weighted by molar-refractivity contribution is 6.28. The van der Waals surface area contributed by atoms with Crippen LogP contribution in [0.25, 0.3) is 22.4 Å². The number of halogens is 4. The number of alkyl halides is 3.